The first-order valence-corrected chi connectivity index (χ1v) is 9.88. The van der Waals surface area contributed by atoms with Gasteiger partial charge < -0.3 is 0 Å². The largest absolute Gasteiger partial charge is 0.0776 e. The first-order valence-electron chi connectivity index (χ1n) is 9.88. The molecule has 2 aliphatic rings. The van der Waals surface area contributed by atoms with E-state index in [0.717, 1.165) is 29.6 Å². The molecule has 0 aliphatic heterocycles. The highest BCUT2D eigenvalue weighted by Crippen LogP contribution is 2.59. The average molecular weight is 313 g/mol. The molecule has 2 saturated carbocycles. The Morgan fingerprint density at radius 3 is 1.86 bits per heavy atom. The van der Waals surface area contributed by atoms with Crippen molar-refractivity contribution in [1.82, 2.24) is 0 Å². The molecule has 2 aliphatic carbocycles. The molecule has 0 heteroatoms. The highest BCUT2D eigenvalue weighted by atomic mass is 14.6. The maximum Gasteiger partial charge on any atom is -0.0269 e. The minimum Gasteiger partial charge on any atom is -0.0776 e. The van der Waals surface area contributed by atoms with Gasteiger partial charge in [-0.1, -0.05) is 82.6 Å². The fraction of sp³-hybridized carbons (Fsp3) is 1.00. The van der Waals surface area contributed by atoms with E-state index in [-0.39, 0.29) is 7.43 Å². The third-order valence-electron chi connectivity index (χ3n) is 6.57. The van der Waals surface area contributed by atoms with Crippen LogP contribution in [0.15, 0.2) is 0 Å². The first kappa shape index (κ1) is 24.3. The van der Waals surface area contributed by atoms with Crippen molar-refractivity contribution in [3.63, 3.8) is 0 Å². The Bertz CT molecular complexity index is 253. The topological polar surface area (TPSA) is 0 Å². The van der Waals surface area contributed by atoms with Crippen LogP contribution in [0.5, 0.6) is 0 Å². The zero-order valence-electron chi connectivity index (χ0n) is 16.6. The van der Waals surface area contributed by atoms with Crippen LogP contribution in [-0.4, -0.2) is 0 Å². The molecule has 0 spiro atoms. The Hall–Kier alpha value is 0. The van der Waals surface area contributed by atoms with Gasteiger partial charge in [-0.2, -0.15) is 0 Å². The minimum atomic E-state index is 0. The number of unbranched alkanes of at least 4 members (excludes halogenated alkanes) is 1. The minimum absolute atomic E-state index is 0. The third-order valence-corrected chi connectivity index (χ3v) is 6.57. The second kappa shape index (κ2) is 11.5. The van der Waals surface area contributed by atoms with Crippen molar-refractivity contribution in [2.24, 2.45) is 35.0 Å². The van der Waals surface area contributed by atoms with E-state index in [1.807, 2.05) is 13.8 Å². The Morgan fingerprint density at radius 2 is 1.45 bits per heavy atom. The lowest BCUT2D eigenvalue weighted by atomic mass is 9.57. The fourth-order valence-electron chi connectivity index (χ4n) is 4.73. The lowest BCUT2D eigenvalue weighted by molar-refractivity contribution is 0.00881. The van der Waals surface area contributed by atoms with Crippen molar-refractivity contribution in [2.75, 3.05) is 0 Å². The molecule has 2 fully saturated rings. The summed E-state index contributed by atoms with van der Waals surface area (Å²) in [5, 5.41) is 0. The second-order valence-electron chi connectivity index (χ2n) is 7.90. The lowest BCUT2D eigenvalue weighted by Crippen LogP contribution is -2.41. The second-order valence-corrected chi connectivity index (χ2v) is 7.90. The van der Waals surface area contributed by atoms with Gasteiger partial charge in [-0.3, -0.25) is 0 Å². The maximum atomic E-state index is 2.57. The van der Waals surface area contributed by atoms with Crippen LogP contribution in [0.25, 0.3) is 0 Å². The molecule has 0 saturated heterocycles. The van der Waals surface area contributed by atoms with Crippen LogP contribution in [0.2, 0.25) is 0 Å². The van der Waals surface area contributed by atoms with Crippen molar-refractivity contribution in [1.29, 1.82) is 0 Å². The number of fused-ring (bicyclic) bond motifs is 1. The van der Waals surface area contributed by atoms with E-state index in [4.69, 9.17) is 0 Å². The van der Waals surface area contributed by atoms with Crippen LogP contribution >= 0.6 is 0 Å². The van der Waals surface area contributed by atoms with Crippen molar-refractivity contribution in [2.45, 2.75) is 108 Å². The quantitative estimate of drug-likeness (QED) is 0.482. The molecule has 5 unspecified atom stereocenters. The van der Waals surface area contributed by atoms with Gasteiger partial charge in [0, 0.05) is 0 Å². The van der Waals surface area contributed by atoms with Gasteiger partial charge >= 0.3 is 0 Å². The van der Waals surface area contributed by atoms with Gasteiger partial charge in [-0.25, -0.2) is 0 Å². The van der Waals surface area contributed by atoms with Crippen LogP contribution in [0, 0.1) is 35.0 Å². The summed E-state index contributed by atoms with van der Waals surface area (Å²) < 4.78 is 0. The van der Waals surface area contributed by atoms with Crippen LogP contribution in [0.1, 0.15) is 108 Å². The van der Waals surface area contributed by atoms with E-state index >= 15 is 0 Å². The zero-order chi connectivity index (χ0) is 16.6. The molecule has 0 aromatic carbocycles. The van der Waals surface area contributed by atoms with E-state index in [1.54, 1.807) is 0 Å². The van der Waals surface area contributed by atoms with Crippen molar-refractivity contribution in [3.05, 3.63) is 0 Å². The van der Waals surface area contributed by atoms with E-state index < -0.39 is 0 Å². The van der Waals surface area contributed by atoms with Crippen molar-refractivity contribution >= 4 is 0 Å². The Balaban J connectivity index is 0. The highest BCUT2D eigenvalue weighted by molar-refractivity contribution is 5.00. The molecule has 0 amide bonds. The summed E-state index contributed by atoms with van der Waals surface area (Å²) in [4.78, 5) is 0. The van der Waals surface area contributed by atoms with Crippen LogP contribution in [0.4, 0.5) is 0 Å². The van der Waals surface area contributed by atoms with Crippen LogP contribution in [-0.2, 0) is 0 Å². The molecule has 0 heterocycles. The maximum absolute atomic E-state index is 2.57. The Morgan fingerprint density at radius 1 is 0.955 bits per heavy atom. The molecular formula is C22H48. The van der Waals surface area contributed by atoms with Gasteiger partial charge in [-0.15, -0.1) is 0 Å². The SMILES string of the molecule is C.CC.CC(C)C1CCC2(C)C(C)CCC2C1C.CCCC. The predicted octanol–water partition coefficient (Wildman–Crippen LogP) is 8.21. The molecule has 5 atom stereocenters. The lowest BCUT2D eigenvalue weighted by Gasteiger charge is -2.48. The number of rotatable bonds is 2. The summed E-state index contributed by atoms with van der Waals surface area (Å²) in [6.45, 7) is 20.8. The molecule has 0 aromatic rings. The van der Waals surface area contributed by atoms with Gasteiger partial charge in [0.2, 0.25) is 0 Å². The van der Waals surface area contributed by atoms with Crippen LogP contribution in [0.3, 0.4) is 0 Å². The molecule has 0 radical (unpaired) electrons. The molecule has 22 heavy (non-hydrogen) atoms. The smallest absolute Gasteiger partial charge is 0.0269 e. The summed E-state index contributed by atoms with van der Waals surface area (Å²) in [5.41, 5.74) is 0.685. The molecule has 0 aromatic heterocycles. The molecular weight excluding hydrogens is 264 g/mol. The number of hydrogen-bond donors (Lipinski definition) is 0. The Labute approximate surface area is 143 Å². The van der Waals surface area contributed by atoms with Gasteiger partial charge in [0.25, 0.3) is 0 Å². The molecule has 0 bridgehead atoms. The van der Waals surface area contributed by atoms with Gasteiger partial charge in [-0.05, 0) is 60.7 Å². The van der Waals surface area contributed by atoms with Gasteiger partial charge in [0.1, 0.15) is 0 Å². The fourth-order valence-corrected chi connectivity index (χ4v) is 4.73. The van der Waals surface area contributed by atoms with Crippen molar-refractivity contribution in [3.8, 4) is 0 Å². The first-order chi connectivity index (χ1) is 9.88. The van der Waals surface area contributed by atoms with Crippen molar-refractivity contribution < 1.29 is 0 Å². The summed E-state index contributed by atoms with van der Waals surface area (Å²) in [5.74, 6) is 4.84. The number of hydrogen-bond acceptors (Lipinski definition) is 0. The molecule has 136 valence electrons. The predicted molar refractivity (Wildman–Crippen MR) is 105 cm³/mol. The summed E-state index contributed by atoms with van der Waals surface area (Å²) >= 11 is 0. The van der Waals surface area contributed by atoms with E-state index in [0.29, 0.717) is 5.41 Å². The Kier molecular flexibility index (Phi) is 12.7. The normalized spacial score (nSPS) is 36.3. The average Bonchev–Trinajstić information content (AvgIpc) is 2.78. The van der Waals surface area contributed by atoms with Crippen LogP contribution < -0.4 is 0 Å². The summed E-state index contributed by atoms with van der Waals surface area (Å²) in [7, 11) is 0. The van der Waals surface area contributed by atoms with E-state index in [9.17, 15) is 0 Å². The summed E-state index contributed by atoms with van der Waals surface area (Å²) in [6, 6.07) is 0. The highest BCUT2D eigenvalue weighted by Gasteiger charge is 2.50. The van der Waals surface area contributed by atoms with Gasteiger partial charge in [0.15, 0.2) is 0 Å². The third kappa shape index (κ3) is 5.57. The monoisotopic (exact) mass is 312 g/mol. The zero-order valence-corrected chi connectivity index (χ0v) is 16.6. The van der Waals surface area contributed by atoms with Gasteiger partial charge in [0.05, 0.1) is 0 Å². The summed E-state index contributed by atoms with van der Waals surface area (Å²) in [6.07, 6.45) is 8.60. The van der Waals surface area contributed by atoms with E-state index in [2.05, 4.69) is 48.5 Å². The molecule has 2 rings (SSSR count). The standard InChI is InChI=1S/C15H28.C4H10.C2H6.CH4/c1-10(2)13-8-9-15(5)11(3)6-7-14(15)12(13)4;1-3-4-2;1-2;/h10-14H,6-9H2,1-5H3;3-4H2,1-2H3;1-2H3;1H4. The molecule has 0 N–H and O–H groups in total. The molecule has 0 nitrogen and oxygen atoms in total. The van der Waals surface area contributed by atoms with E-state index in [1.165, 1.54) is 38.5 Å².